The van der Waals surface area contributed by atoms with E-state index in [0.717, 1.165) is 11.1 Å². The lowest BCUT2D eigenvalue weighted by Gasteiger charge is -2.31. The minimum absolute atomic E-state index is 0.000558. The molecule has 1 aromatic carbocycles. The van der Waals surface area contributed by atoms with Gasteiger partial charge in [-0.3, -0.25) is 0 Å². The van der Waals surface area contributed by atoms with E-state index in [9.17, 15) is 9.90 Å². The fourth-order valence-corrected chi connectivity index (χ4v) is 3.19. The fourth-order valence-electron chi connectivity index (χ4n) is 3.19. The van der Waals surface area contributed by atoms with Crippen LogP contribution >= 0.6 is 0 Å². The summed E-state index contributed by atoms with van der Waals surface area (Å²) >= 11 is 0. The molecule has 7 nitrogen and oxygen atoms in total. The van der Waals surface area contributed by atoms with Crippen molar-refractivity contribution >= 4 is 6.16 Å². The van der Waals surface area contributed by atoms with Crippen molar-refractivity contribution in [1.29, 1.82) is 0 Å². The number of carbonyl (C=O) groups excluding carboxylic acids is 1. The molecule has 1 aliphatic rings. The van der Waals surface area contributed by atoms with Gasteiger partial charge in [0.1, 0.15) is 12.4 Å². The molecule has 0 saturated carbocycles. The maximum absolute atomic E-state index is 12.2. The minimum Gasteiger partial charge on any atom is -0.432 e. The summed E-state index contributed by atoms with van der Waals surface area (Å²) in [4.78, 5) is 12.2. The van der Waals surface area contributed by atoms with Crippen LogP contribution in [0.25, 0.3) is 0 Å². The first-order chi connectivity index (χ1) is 13.3. The van der Waals surface area contributed by atoms with Gasteiger partial charge < -0.3 is 29.2 Å². The molecule has 0 amide bonds. The maximum atomic E-state index is 12.2. The highest BCUT2D eigenvalue weighted by atomic mass is 16.7. The molecule has 2 unspecified atom stereocenters. The number of carbonyl (C=O) groups is 1. The fraction of sp³-hybridized carbons (Fsp3) is 0.667. The van der Waals surface area contributed by atoms with Gasteiger partial charge in [-0.15, -0.1) is 0 Å². The van der Waals surface area contributed by atoms with Crippen molar-refractivity contribution in [2.75, 3.05) is 19.8 Å². The summed E-state index contributed by atoms with van der Waals surface area (Å²) in [7, 11) is 0. The van der Waals surface area contributed by atoms with Gasteiger partial charge in [-0.2, -0.15) is 0 Å². The van der Waals surface area contributed by atoms with Gasteiger partial charge >= 0.3 is 6.16 Å². The third kappa shape index (κ3) is 6.44. The molecule has 0 spiro atoms. The molecule has 7 heteroatoms. The van der Waals surface area contributed by atoms with E-state index in [-0.39, 0.29) is 31.7 Å². The van der Waals surface area contributed by atoms with E-state index in [2.05, 4.69) is 0 Å². The highest BCUT2D eigenvalue weighted by Crippen LogP contribution is 2.34. The molecule has 158 valence electrons. The van der Waals surface area contributed by atoms with Crippen molar-refractivity contribution in [3.05, 3.63) is 29.3 Å². The Bertz CT molecular complexity index is 603. The van der Waals surface area contributed by atoms with E-state index in [1.807, 2.05) is 45.9 Å². The van der Waals surface area contributed by atoms with Crippen LogP contribution in [0.3, 0.4) is 0 Å². The number of hydrogen-bond donors (Lipinski definition) is 2. The Morgan fingerprint density at radius 3 is 2.36 bits per heavy atom. The molecule has 28 heavy (non-hydrogen) atoms. The first-order valence-corrected chi connectivity index (χ1v) is 9.85. The number of benzene rings is 1. The summed E-state index contributed by atoms with van der Waals surface area (Å²) in [6.45, 7) is 8.11. The lowest BCUT2D eigenvalue weighted by atomic mass is 9.94. The molecule has 0 aliphatic carbocycles. The Morgan fingerprint density at radius 2 is 1.79 bits per heavy atom. The number of aliphatic hydroxyl groups excluding tert-OH is 2. The van der Waals surface area contributed by atoms with Gasteiger partial charge in [0.05, 0.1) is 25.4 Å². The highest BCUT2D eigenvalue weighted by Gasteiger charge is 2.28. The average Bonchev–Trinajstić information content (AvgIpc) is 2.64. The second kappa shape index (κ2) is 10.8. The Balaban J connectivity index is 1.85. The standard InChI is InChI=1S/C21H32O7/c1-13(2)17-6-5-7-18(14(3)4)20(17)28-21(24)26-9-8-25-19-11-15(23)10-16(12-22)27-19/h5-7,13-16,19,22-23H,8-12H2,1-4H3/t15?,16-,19?/m0/s1. The first-order valence-electron chi connectivity index (χ1n) is 9.85. The summed E-state index contributed by atoms with van der Waals surface area (Å²) in [5.74, 6) is 0.973. The summed E-state index contributed by atoms with van der Waals surface area (Å²) in [5.41, 5.74) is 1.91. The topological polar surface area (TPSA) is 94.5 Å². The Hall–Kier alpha value is -1.67. The molecular weight excluding hydrogens is 364 g/mol. The van der Waals surface area contributed by atoms with Crippen LogP contribution in [0.15, 0.2) is 18.2 Å². The molecular formula is C21H32O7. The summed E-state index contributed by atoms with van der Waals surface area (Å²) in [5, 5.41) is 18.9. The van der Waals surface area contributed by atoms with Crippen molar-refractivity contribution in [1.82, 2.24) is 0 Å². The molecule has 2 rings (SSSR count). The van der Waals surface area contributed by atoms with Gasteiger partial charge in [0.15, 0.2) is 6.29 Å². The first kappa shape index (κ1) is 22.6. The number of hydrogen-bond acceptors (Lipinski definition) is 7. The van der Waals surface area contributed by atoms with Crippen LogP contribution in [0.4, 0.5) is 4.79 Å². The Morgan fingerprint density at radius 1 is 1.14 bits per heavy atom. The van der Waals surface area contributed by atoms with Gasteiger partial charge in [-0.25, -0.2) is 4.79 Å². The zero-order valence-corrected chi connectivity index (χ0v) is 17.1. The molecule has 1 saturated heterocycles. The second-order valence-electron chi connectivity index (χ2n) is 7.64. The van der Waals surface area contributed by atoms with E-state index in [0.29, 0.717) is 18.6 Å². The number of rotatable bonds is 8. The monoisotopic (exact) mass is 396 g/mol. The van der Waals surface area contributed by atoms with Crippen LogP contribution in [-0.4, -0.2) is 54.7 Å². The molecule has 1 aliphatic heterocycles. The smallest absolute Gasteiger partial charge is 0.432 e. The minimum atomic E-state index is -0.781. The molecule has 2 N–H and O–H groups in total. The highest BCUT2D eigenvalue weighted by molar-refractivity contribution is 5.66. The molecule has 1 heterocycles. The van der Waals surface area contributed by atoms with Crippen molar-refractivity contribution in [3.63, 3.8) is 0 Å². The van der Waals surface area contributed by atoms with Crippen LogP contribution in [0.5, 0.6) is 5.75 Å². The molecule has 0 radical (unpaired) electrons. The van der Waals surface area contributed by atoms with Crippen molar-refractivity contribution < 1.29 is 34.0 Å². The average molecular weight is 396 g/mol. The van der Waals surface area contributed by atoms with Crippen LogP contribution in [0, 0.1) is 0 Å². The van der Waals surface area contributed by atoms with Crippen molar-refractivity contribution in [2.24, 2.45) is 0 Å². The van der Waals surface area contributed by atoms with Crippen molar-refractivity contribution in [2.45, 2.75) is 70.9 Å². The number of aliphatic hydroxyl groups is 2. The second-order valence-corrected chi connectivity index (χ2v) is 7.64. The van der Waals surface area contributed by atoms with E-state index >= 15 is 0 Å². The molecule has 3 atom stereocenters. The van der Waals surface area contributed by atoms with E-state index < -0.39 is 24.7 Å². The number of para-hydroxylation sites is 1. The summed E-state index contributed by atoms with van der Waals surface area (Å²) in [6, 6.07) is 5.87. The van der Waals surface area contributed by atoms with E-state index in [1.165, 1.54) is 0 Å². The normalized spacial score (nSPS) is 22.5. The van der Waals surface area contributed by atoms with Crippen LogP contribution in [0.1, 0.15) is 63.5 Å². The Kier molecular flexibility index (Phi) is 8.69. The van der Waals surface area contributed by atoms with E-state index in [4.69, 9.17) is 24.1 Å². The van der Waals surface area contributed by atoms with Crippen LogP contribution < -0.4 is 4.74 Å². The number of ether oxygens (including phenoxy) is 4. The van der Waals surface area contributed by atoms with Gasteiger partial charge in [-0.05, 0) is 23.0 Å². The third-order valence-electron chi connectivity index (χ3n) is 4.66. The van der Waals surface area contributed by atoms with Gasteiger partial charge in [-0.1, -0.05) is 45.9 Å². The lowest BCUT2D eigenvalue weighted by Crippen LogP contribution is -2.39. The summed E-state index contributed by atoms with van der Waals surface area (Å²) in [6.07, 6.45) is -1.73. The zero-order chi connectivity index (χ0) is 20.7. The van der Waals surface area contributed by atoms with E-state index in [1.54, 1.807) is 0 Å². The maximum Gasteiger partial charge on any atom is 0.513 e. The van der Waals surface area contributed by atoms with Crippen molar-refractivity contribution in [3.8, 4) is 5.75 Å². The third-order valence-corrected chi connectivity index (χ3v) is 4.66. The largest absolute Gasteiger partial charge is 0.513 e. The predicted octanol–water partition coefficient (Wildman–Crippen LogP) is 3.32. The van der Waals surface area contributed by atoms with Crippen LogP contribution in [0.2, 0.25) is 0 Å². The van der Waals surface area contributed by atoms with Gasteiger partial charge in [0.25, 0.3) is 0 Å². The predicted molar refractivity (Wildman–Crippen MR) is 104 cm³/mol. The SMILES string of the molecule is CC(C)c1cccc(C(C)C)c1OC(=O)OCCOC1CC(O)C[C@@H](CO)O1. The molecule has 0 bridgehead atoms. The van der Waals surface area contributed by atoms with Gasteiger partial charge in [0.2, 0.25) is 0 Å². The van der Waals surface area contributed by atoms with Gasteiger partial charge in [0, 0.05) is 12.8 Å². The van der Waals surface area contributed by atoms with Crippen LogP contribution in [-0.2, 0) is 14.2 Å². The lowest BCUT2D eigenvalue weighted by molar-refractivity contribution is -0.224. The zero-order valence-electron chi connectivity index (χ0n) is 17.1. The molecule has 1 aromatic rings. The molecule has 1 fully saturated rings. The molecule has 0 aromatic heterocycles. The Labute approximate surface area is 166 Å². The quantitative estimate of drug-likeness (QED) is 0.395. The summed E-state index contributed by atoms with van der Waals surface area (Å²) < 4.78 is 21.6.